The molecule has 0 spiro atoms. The number of aromatic nitrogens is 1. The number of nitrogens with zero attached hydrogens (tertiary/aromatic N) is 1. The molecule has 0 saturated carbocycles. The highest BCUT2D eigenvalue weighted by atomic mass is 79.9. The van der Waals surface area contributed by atoms with Crippen molar-refractivity contribution in [3.63, 3.8) is 0 Å². The van der Waals surface area contributed by atoms with Crippen LogP contribution < -0.4 is 10.5 Å². The van der Waals surface area contributed by atoms with Crippen LogP contribution in [0.25, 0.3) is 10.2 Å². The standard InChI is InChI=1S/C14H10BrFN2OS/c1-7-18-11-6-13(10(17)5-14(11)20-7)19-12-3-2-8(15)4-9(12)16/h2-6H,17H2,1H3. The molecule has 20 heavy (non-hydrogen) atoms. The van der Waals surface area contributed by atoms with Crippen LogP contribution in [0.15, 0.2) is 34.8 Å². The molecule has 3 rings (SSSR count). The van der Waals surface area contributed by atoms with E-state index in [4.69, 9.17) is 10.5 Å². The molecule has 0 atom stereocenters. The van der Waals surface area contributed by atoms with E-state index in [0.717, 1.165) is 15.2 Å². The lowest BCUT2D eigenvalue weighted by atomic mass is 10.2. The van der Waals surface area contributed by atoms with Crippen LogP contribution >= 0.6 is 27.3 Å². The molecule has 0 aliphatic rings. The summed E-state index contributed by atoms with van der Waals surface area (Å²) in [7, 11) is 0. The number of aryl methyl sites for hydroxylation is 1. The third-order valence-corrected chi connectivity index (χ3v) is 4.17. The van der Waals surface area contributed by atoms with Gasteiger partial charge in [0, 0.05) is 10.5 Å². The molecular formula is C14H10BrFN2OS. The van der Waals surface area contributed by atoms with Crippen LogP contribution in [0.3, 0.4) is 0 Å². The van der Waals surface area contributed by atoms with E-state index < -0.39 is 5.82 Å². The van der Waals surface area contributed by atoms with Gasteiger partial charge in [-0.3, -0.25) is 0 Å². The average Bonchev–Trinajstić information content (AvgIpc) is 2.72. The first-order valence-corrected chi connectivity index (χ1v) is 7.43. The second-order valence-corrected chi connectivity index (χ2v) is 6.42. The Morgan fingerprint density at radius 3 is 2.80 bits per heavy atom. The van der Waals surface area contributed by atoms with Crippen molar-refractivity contribution in [2.75, 3.05) is 5.73 Å². The van der Waals surface area contributed by atoms with E-state index in [1.165, 1.54) is 6.07 Å². The lowest BCUT2D eigenvalue weighted by Crippen LogP contribution is -1.94. The van der Waals surface area contributed by atoms with E-state index >= 15 is 0 Å². The Morgan fingerprint density at radius 1 is 1.25 bits per heavy atom. The summed E-state index contributed by atoms with van der Waals surface area (Å²) < 4.78 is 21.0. The van der Waals surface area contributed by atoms with Gasteiger partial charge in [-0.15, -0.1) is 11.3 Å². The van der Waals surface area contributed by atoms with Crippen LogP contribution in [0.1, 0.15) is 5.01 Å². The molecule has 0 amide bonds. The zero-order valence-corrected chi connectivity index (χ0v) is 12.9. The minimum atomic E-state index is -0.451. The monoisotopic (exact) mass is 352 g/mol. The van der Waals surface area contributed by atoms with Gasteiger partial charge < -0.3 is 10.5 Å². The van der Waals surface area contributed by atoms with E-state index in [1.54, 1.807) is 35.6 Å². The predicted octanol–water partition coefficient (Wildman–Crippen LogP) is 4.88. The maximum absolute atomic E-state index is 13.8. The number of anilines is 1. The SMILES string of the molecule is Cc1nc2cc(Oc3ccc(Br)cc3F)c(N)cc2s1. The molecule has 0 fully saturated rings. The van der Waals surface area contributed by atoms with E-state index in [0.29, 0.717) is 15.9 Å². The van der Waals surface area contributed by atoms with Gasteiger partial charge in [0.2, 0.25) is 0 Å². The maximum Gasteiger partial charge on any atom is 0.166 e. The van der Waals surface area contributed by atoms with E-state index in [1.807, 2.05) is 6.92 Å². The number of halogens is 2. The smallest absolute Gasteiger partial charge is 0.166 e. The quantitative estimate of drug-likeness (QED) is 0.668. The fourth-order valence-electron chi connectivity index (χ4n) is 1.85. The van der Waals surface area contributed by atoms with Crippen LogP contribution in [0.2, 0.25) is 0 Å². The third kappa shape index (κ3) is 2.48. The number of rotatable bonds is 2. The Bertz CT molecular complexity index is 803. The van der Waals surface area contributed by atoms with Crippen LogP contribution in [-0.4, -0.2) is 4.98 Å². The lowest BCUT2D eigenvalue weighted by molar-refractivity contribution is 0.444. The number of nitrogens with two attached hydrogens (primary N) is 1. The lowest BCUT2D eigenvalue weighted by Gasteiger charge is -2.09. The zero-order valence-electron chi connectivity index (χ0n) is 10.5. The third-order valence-electron chi connectivity index (χ3n) is 2.74. The first kappa shape index (κ1) is 13.3. The molecular weight excluding hydrogens is 343 g/mol. The normalized spacial score (nSPS) is 10.9. The molecule has 2 aromatic carbocycles. The molecule has 1 aromatic heterocycles. The number of ether oxygens (including phenoxy) is 1. The fourth-order valence-corrected chi connectivity index (χ4v) is 3.04. The van der Waals surface area contributed by atoms with Gasteiger partial charge in [-0.2, -0.15) is 0 Å². The molecule has 3 aromatic rings. The number of fused-ring (bicyclic) bond motifs is 1. The van der Waals surface area contributed by atoms with Crippen LogP contribution in [0.4, 0.5) is 10.1 Å². The second kappa shape index (κ2) is 5.03. The van der Waals surface area contributed by atoms with Gasteiger partial charge in [0.15, 0.2) is 17.3 Å². The number of hydrogen-bond donors (Lipinski definition) is 1. The summed E-state index contributed by atoms with van der Waals surface area (Å²) in [5, 5.41) is 0.950. The molecule has 6 heteroatoms. The largest absolute Gasteiger partial charge is 0.452 e. The number of nitrogen functional groups attached to an aromatic ring is 1. The molecule has 0 aliphatic heterocycles. The molecule has 102 valence electrons. The Labute approximate surface area is 127 Å². The van der Waals surface area contributed by atoms with Crippen molar-refractivity contribution < 1.29 is 9.13 Å². The van der Waals surface area contributed by atoms with E-state index in [9.17, 15) is 4.39 Å². The number of benzene rings is 2. The molecule has 0 bridgehead atoms. The average molecular weight is 353 g/mol. The molecule has 0 unspecified atom stereocenters. The maximum atomic E-state index is 13.8. The molecule has 2 N–H and O–H groups in total. The molecule has 1 heterocycles. The van der Waals surface area contributed by atoms with Crippen molar-refractivity contribution in [1.29, 1.82) is 0 Å². The van der Waals surface area contributed by atoms with Crippen molar-refractivity contribution in [2.45, 2.75) is 6.92 Å². The first-order chi connectivity index (χ1) is 9.52. The summed E-state index contributed by atoms with van der Waals surface area (Å²) in [6.07, 6.45) is 0. The molecule has 0 saturated heterocycles. The van der Waals surface area contributed by atoms with Gasteiger partial charge in [0.05, 0.1) is 20.9 Å². The Hall–Kier alpha value is -1.66. The summed E-state index contributed by atoms with van der Waals surface area (Å²) in [6, 6.07) is 8.13. The van der Waals surface area contributed by atoms with Crippen molar-refractivity contribution in [1.82, 2.24) is 4.98 Å². The van der Waals surface area contributed by atoms with Crippen LogP contribution in [0.5, 0.6) is 11.5 Å². The van der Waals surface area contributed by atoms with Gasteiger partial charge in [-0.1, -0.05) is 15.9 Å². The van der Waals surface area contributed by atoms with Gasteiger partial charge in [0.25, 0.3) is 0 Å². The highest BCUT2D eigenvalue weighted by Crippen LogP contribution is 2.35. The van der Waals surface area contributed by atoms with Crippen molar-refractivity contribution >= 4 is 43.2 Å². The van der Waals surface area contributed by atoms with E-state index in [2.05, 4.69) is 20.9 Å². The summed E-state index contributed by atoms with van der Waals surface area (Å²) in [5.74, 6) is 0.0866. The summed E-state index contributed by atoms with van der Waals surface area (Å²) >= 11 is 4.76. The van der Waals surface area contributed by atoms with Gasteiger partial charge in [-0.25, -0.2) is 9.37 Å². The Morgan fingerprint density at radius 2 is 2.05 bits per heavy atom. The minimum absolute atomic E-state index is 0.131. The van der Waals surface area contributed by atoms with Crippen LogP contribution in [-0.2, 0) is 0 Å². The van der Waals surface area contributed by atoms with Crippen molar-refractivity contribution in [3.05, 3.63) is 45.6 Å². The minimum Gasteiger partial charge on any atom is -0.452 e. The summed E-state index contributed by atoms with van der Waals surface area (Å²) in [5.41, 5.74) is 7.21. The predicted molar refractivity (Wildman–Crippen MR) is 82.9 cm³/mol. The Balaban J connectivity index is 2.03. The molecule has 0 aliphatic carbocycles. The fraction of sp³-hybridized carbons (Fsp3) is 0.0714. The number of hydrogen-bond acceptors (Lipinski definition) is 4. The second-order valence-electron chi connectivity index (χ2n) is 4.27. The Kier molecular flexibility index (Phi) is 3.35. The first-order valence-electron chi connectivity index (χ1n) is 5.82. The highest BCUT2D eigenvalue weighted by molar-refractivity contribution is 9.10. The van der Waals surface area contributed by atoms with Crippen molar-refractivity contribution in [2.24, 2.45) is 0 Å². The van der Waals surface area contributed by atoms with Gasteiger partial charge >= 0.3 is 0 Å². The van der Waals surface area contributed by atoms with Gasteiger partial charge in [-0.05, 0) is 31.2 Å². The van der Waals surface area contributed by atoms with E-state index in [-0.39, 0.29) is 5.75 Å². The van der Waals surface area contributed by atoms with Crippen LogP contribution in [0, 0.1) is 12.7 Å². The highest BCUT2D eigenvalue weighted by Gasteiger charge is 2.11. The van der Waals surface area contributed by atoms with Crippen molar-refractivity contribution in [3.8, 4) is 11.5 Å². The topological polar surface area (TPSA) is 48.1 Å². The summed E-state index contributed by atoms with van der Waals surface area (Å²) in [4.78, 5) is 4.37. The van der Waals surface area contributed by atoms with Gasteiger partial charge in [0.1, 0.15) is 0 Å². The molecule has 0 radical (unpaired) electrons. The summed E-state index contributed by atoms with van der Waals surface area (Å²) in [6.45, 7) is 1.93. The number of thiazole rings is 1. The molecule has 3 nitrogen and oxygen atoms in total. The zero-order chi connectivity index (χ0) is 14.3.